The Morgan fingerprint density at radius 2 is 2.25 bits per heavy atom. The number of anilines is 1. The van der Waals surface area contributed by atoms with Crippen LogP contribution in [0.3, 0.4) is 0 Å². The van der Waals surface area contributed by atoms with Crippen LogP contribution < -0.4 is 4.90 Å². The van der Waals surface area contributed by atoms with Gasteiger partial charge in [0.1, 0.15) is 0 Å². The van der Waals surface area contributed by atoms with E-state index in [1.54, 1.807) is 25.1 Å². The number of rotatable bonds is 3. The topological polar surface area (TPSA) is 76.7 Å². The highest BCUT2D eigenvalue weighted by atomic mass is 16.5. The molecule has 0 radical (unpaired) electrons. The fourth-order valence-corrected chi connectivity index (χ4v) is 2.58. The minimum absolute atomic E-state index is 0.00603. The summed E-state index contributed by atoms with van der Waals surface area (Å²) in [5.74, 6) is 0. The molecule has 3 atom stereocenters. The zero-order valence-corrected chi connectivity index (χ0v) is 11.8. The molecule has 1 aliphatic heterocycles. The summed E-state index contributed by atoms with van der Waals surface area (Å²) in [4.78, 5) is 2.07. The van der Waals surface area contributed by atoms with Gasteiger partial charge in [0, 0.05) is 24.3 Å². The SMILES string of the molecule is CC1CN(c2cc(C#N)ccc2[C@H](C)O)CC(CO)O1. The van der Waals surface area contributed by atoms with E-state index in [2.05, 4.69) is 11.0 Å². The molecule has 0 aromatic heterocycles. The van der Waals surface area contributed by atoms with E-state index in [0.29, 0.717) is 18.7 Å². The molecular formula is C15H20N2O3. The highest BCUT2D eigenvalue weighted by Crippen LogP contribution is 2.30. The number of ether oxygens (including phenoxy) is 1. The maximum Gasteiger partial charge on any atom is 0.0992 e. The van der Waals surface area contributed by atoms with Crippen LogP contribution in [-0.4, -0.2) is 42.1 Å². The highest BCUT2D eigenvalue weighted by molar-refractivity contribution is 5.59. The van der Waals surface area contributed by atoms with Crippen LogP contribution in [0.4, 0.5) is 5.69 Å². The Bertz CT molecular complexity index is 510. The molecule has 0 bridgehead atoms. The van der Waals surface area contributed by atoms with Crippen molar-refractivity contribution in [3.05, 3.63) is 29.3 Å². The molecule has 20 heavy (non-hydrogen) atoms. The number of morpholine rings is 1. The molecule has 0 saturated carbocycles. The Morgan fingerprint density at radius 3 is 2.85 bits per heavy atom. The van der Waals surface area contributed by atoms with Gasteiger partial charge < -0.3 is 19.8 Å². The highest BCUT2D eigenvalue weighted by Gasteiger charge is 2.27. The Hall–Kier alpha value is -1.61. The maximum absolute atomic E-state index is 9.90. The zero-order chi connectivity index (χ0) is 14.7. The van der Waals surface area contributed by atoms with E-state index in [1.807, 2.05) is 6.92 Å². The molecule has 2 N–H and O–H groups in total. The van der Waals surface area contributed by atoms with E-state index >= 15 is 0 Å². The number of aliphatic hydroxyl groups excluding tert-OH is 2. The van der Waals surface area contributed by atoms with Crippen LogP contribution >= 0.6 is 0 Å². The van der Waals surface area contributed by atoms with Gasteiger partial charge in [0.25, 0.3) is 0 Å². The Kier molecular flexibility index (Phi) is 4.61. The molecule has 2 unspecified atom stereocenters. The van der Waals surface area contributed by atoms with Crippen LogP contribution in [0.2, 0.25) is 0 Å². The molecule has 0 spiro atoms. The first-order valence-corrected chi connectivity index (χ1v) is 6.78. The maximum atomic E-state index is 9.90. The molecule has 1 saturated heterocycles. The summed E-state index contributed by atoms with van der Waals surface area (Å²) < 4.78 is 5.62. The number of hydrogen-bond donors (Lipinski definition) is 2. The molecule has 5 nitrogen and oxygen atoms in total. The van der Waals surface area contributed by atoms with E-state index in [9.17, 15) is 10.2 Å². The molecule has 0 aliphatic carbocycles. The fourth-order valence-electron chi connectivity index (χ4n) is 2.58. The third kappa shape index (κ3) is 3.10. The molecule has 1 fully saturated rings. The Balaban J connectivity index is 2.36. The smallest absolute Gasteiger partial charge is 0.0992 e. The second-order valence-electron chi connectivity index (χ2n) is 5.22. The summed E-state index contributed by atoms with van der Waals surface area (Å²) in [6.07, 6.45) is -0.858. The van der Waals surface area contributed by atoms with Crippen LogP contribution in [0.15, 0.2) is 18.2 Å². The molecule has 1 heterocycles. The van der Waals surface area contributed by atoms with Gasteiger partial charge in [-0.1, -0.05) is 6.07 Å². The molecule has 1 aromatic carbocycles. The summed E-state index contributed by atoms with van der Waals surface area (Å²) in [5, 5.41) is 28.2. The minimum Gasteiger partial charge on any atom is -0.394 e. The van der Waals surface area contributed by atoms with Crippen molar-refractivity contribution in [1.29, 1.82) is 5.26 Å². The van der Waals surface area contributed by atoms with E-state index < -0.39 is 6.10 Å². The van der Waals surface area contributed by atoms with Crippen molar-refractivity contribution < 1.29 is 14.9 Å². The van der Waals surface area contributed by atoms with Crippen molar-refractivity contribution in [3.8, 4) is 6.07 Å². The monoisotopic (exact) mass is 276 g/mol. The summed E-state index contributed by atoms with van der Waals surface area (Å²) >= 11 is 0. The van der Waals surface area contributed by atoms with Gasteiger partial charge in [-0.25, -0.2) is 0 Å². The molecule has 1 aliphatic rings. The second kappa shape index (κ2) is 6.23. The average Bonchev–Trinajstić information content (AvgIpc) is 2.45. The predicted octanol–water partition coefficient (Wildman–Crippen LogP) is 1.20. The molecule has 0 amide bonds. The lowest BCUT2D eigenvalue weighted by Gasteiger charge is -2.38. The van der Waals surface area contributed by atoms with Crippen LogP contribution in [0.1, 0.15) is 31.1 Å². The fraction of sp³-hybridized carbons (Fsp3) is 0.533. The number of aliphatic hydroxyl groups is 2. The van der Waals surface area contributed by atoms with Gasteiger partial charge in [0.05, 0.1) is 36.6 Å². The molecule has 2 rings (SSSR count). The lowest BCUT2D eigenvalue weighted by atomic mass is 10.0. The Labute approximate surface area is 119 Å². The quantitative estimate of drug-likeness (QED) is 0.867. The number of hydrogen-bond acceptors (Lipinski definition) is 5. The van der Waals surface area contributed by atoms with Crippen molar-refractivity contribution in [3.63, 3.8) is 0 Å². The van der Waals surface area contributed by atoms with Crippen molar-refractivity contribution in [2.45, 2.75) is 32.2 Å². The van der Waals surface area contributed by atoms with E-state index in [1.165, 1.54) is 0 Å². The lowest BCUT2D eigenvalue weighted by Crippen LogP contribution is -2.48. The van der Waals surface area contributed by atoms with Gasteiger partial charge in [-0.05, 0) is 26.0 Å². The summed E-state index contributed by atoms with van der Waals surface area (Å²) in [7, 11) is 0. The van der Waals surface area contributed by atoms with Crippen LogP contribution in [-0.2, 0) is 4.74 Å². The largest absolute Gasteiger partial charge is 0.394 e. The van der Waals surface area contributed by atoms with E-state index in [0.717, 1.165) is 11.3 Å². The van der Waals surface area contributed by atoms with Gasteiger partial charge in [-0.15, -0.1) is 0 Å². The van der Waals surface area contributed by atoms with Crippen LogP contribution in [0.25, 0.3) is 0 Å². The van der Waals surface area contributed by atoms with E-state index in [-0.39, 0.29) is 18.8 Å². The first-order valence-electron chi connectivity index (χ1n) is 6.78. The van der Waals surface area contributed by atoms with Gasteiger partial charge in [-0.2, -0.15) is 5.26 Å². The zero-order valence-electron chi connectivity index (χ0n) is 11.8. The third-order valence-electron chi connectivity index (χ3n) is 3.48. The first kappa shape index (κ1) is 14.8. The van der Waals surface area contributed by atoms with Crippen LogP contribution in [0.5, 0.6) is 0 Å². The number of nitriles is 1. The molecule has 5 heteroatoms. The van der Waals surface area contributed by atoms with Gasteiger partial charge in [0.15, 0.2) is 0 Å². The third-order valence-corrected chi connectivity index (χ3v) is 3.48. The van der Waals surface area contributed by atoms with Crippen molar-refractivity contribution in [2.24, 2.45) is 0 Å². The van der Waals surface area contributed by atoms with Gasteiger partial charge in [0.2, 0.25) is 0 Å². The van der Waals surface area contributed by atoms with E-state index in [4.69, 9.17) is 10.00 Å². The summed E-state index contributed by atoms with van der Waals surface area (Å²) in [6.45, 7) is 4.84. The normalized spacial score (nSPS) is 24.2. The second-order valence-corrected chi connectivity index (χ2v) is 5.22. The lowest BCUT2D eigenvalue weighted by molar-refractivity contribution is -0.0422. The predicted molar refractivity (Wildman–Crippen MR) is 75.4 cm³/mol. The number of benzene rings is 1. The first-order chi connectivity index (χ1) is 9.55. The molecular weight excluding hydrogens is 256 g/mol. The van der Waals surface area contributed by atoms with Crippen LogP contribution in [0, 0.1) is 11.3 Å². The van der Waals surface area contributed by atoms with Gasteiger partial charge in [-0.3, -0.25) is 0 Å². The average molecular weight is 276 g/mol. The van der Waals surface area contributed by atoms with Crippen molar-refractivity contribution >= 4 is 5.69 Å². The molecule has 108 valence electrons. The molecule has 1 aromatic rings. The summed E-state index contributed by atoms with van der Waals surface area (Å²) in [6, 6.07) is 7.40. The standard InChI is InChI=1S/C15H20N2O3/c1-10-7-17(8-13(9-18)20-10)15-5-12(6-16)3-4-14(15)11(2)19/h3-5,10-11,13,18-19H,7-9H2,1-2H3/t10?,11-,13?/m0/s1. The summed E-state index contributed by atoms with van der Waals surface area (Å²) in [5.41, 5.74) is 2.19. The van der Waals surface area contributed by atoms with Crippen molar-refractivity contribution in [1.82, 2.24) is 0 Å². The Morgan fingerprint density at radius 1 is 1.50 bits per heavy atom. The van der Waals surface area contributed by atoms with Gasteiger partial charge >= 0.3 is 0 Å². The minimum atomic E-state index is -0.608. The number of nitrogens with zero attached hydrogens (tertiary/aromatic N) is 2. The van der Waals surface area contributed by atoms with Crippen molar-refractivity contribution in [2.75, 3.05) is 24.6 Å².